The lowest BCUT2D eigenvalue weighted by Gasteiger charge is -2.14. The van der Waals surface area contributed by atoms with Crippen molar-refractivity contribution in [2.75, 3.05) is 0 Å². The number of para-hydroxylation sites is 1. The molecule has 0 N–H and O–H groups in total. The molecule has 3 aromatic carbocycles. The molecule has 0 aliphatic rings. The first-order valence-corrected chi connectivity index (χ1v) is 8.78. The molecule has 1 heterocycles. The Morgan fingerprint density at radius 1 is 0.808 bits per heavy atom. The van der Waals surface area contributed by atoms with Crippen LogP contribution in [0.4, 0.5) is 0 Å². The molecule has 0 unspecified atom stereocenters. The SMILES string of the molecule is Cc1ccc(Cn2c(Cc3ccccc3)nc3ccccc3c2=O)cc1. The van der Waals surface area contributed by atoms with Crippen LogP contribution in [0, 0.1) is 6.92 Å². The maximum Gasteiger partial charge on any atom is 0.261 e. The van der Waals surface area contributed by atoms with E-state index in [1.165, 1.54) is 5.56 Å². The highest BCUT2D eigenvalue weighted by Gasteiger charge is 2.12. The first kappa shape index (κ1) is 16.3. The van der Waals surface area contributed by atoms with Gasteiger partial charge in [0.2, 0.25) is 0 Å². The van der Waals surface area contributed by atoms with Crippen LogP contribution in [0.2, 0.25) is 0 Å². The van der Waals surface area contributed by atoms with Gasteiger partial charge in [0.25, 0.3) is 5.56 Å². The first-order valence-electron chi connectivity index (χ1n) is 8.78. The monoisotopic (exact) mass is 340 g/mol. The van der Waals surface area contributed by atoms with E-state index in [9.17, 15) is 4.79 Å². The molecule has 0 bridgehead atoms. The van der Waals surface area contributed by atoms with Gasteiger partial charge in [-0.2, -0.15) is 0 Å². The molecule has 0 aliphatic heterocycles. The van der Waals surface area contributed by atoms with Crippen LogP contribution in [0.15, 0.2) is 83.7 Å². The van der Waals surface area contributed by atoms with E-state index in [4.69, 9.17) is 4.98 Å². The Morgan fingerprint density at radius 2 is 1.50 bits per heavy atom. The summed E-state index contributed by atoms with van der Waals surface area (Å²) in [5.74, 6) is 0.792. The average molecular weight is 340 g/mol. The minimum Gasteiger partial charge on any atom is -0.291 e. The van der Waals surface area contributed by atoms with Gasteiger partial charge in [-0.05, 0) is 30.2 Å². The van der Waals surface area contributed by atoms with Gasteiger partial charge in [-0.15, -0.1) is 0 Å². The normalized spacial score (nSPS) is 11.0. The molecular formula is C23H20N2O. The molecule has 0 fully saturated rings. The van der Waals surface area contributed by atoms with Crippen LogP contribution in [0.3, 0.4) is 0 Å². The number of hydrogen-bond donors (Lipinski definition) is 0. The predicted molar refractivity (Wildman–Crippen MR) is 106 cm³/mol. The van der Waals surface area contributed by atoms with E-state index in [0.29, 0.717) is 18.4 Å². The van der Waals surface area contributed by atoms with E-state index < -0.39 is 0 Å². The van der Waals surface area contributed by atoms with Gasteiger partial charge in [0.1, 0.15) is 5.82 Å². The lowest BCUT2D eigenvalue weighted by Crippen LogP contribution is -2.26. The van der Waals surface area contributed by atoms with Crippen molar-refractivity contribution in [3.8, 4) is 0 Å². The Kier molecular flexibility index (Phi) is 4.36. The van der Waals surface area contributed by atoms with E-state index >= 15 is 0 Å². The first-order chi connectivity index (χ1) is 12.7. The fourth-order valence-electron chi connectivity index (χ4n) is 3.17. The van der Waals surface area contributed by atoms with E-state index in [2.05, 4.69) is 43.3 Å². The summed E-state index contributed by atoms with van der Waals surface area (Å²) in [4.78, 5) is 17.9. The zero-order chi connectivity index (χ0) is 17.9. The van der Waals surface area contributed by atoms with Crippen molar-refractivity contribution in [2.24, 2.45) is 0 Å². The molecule has 0 radical (unpaired) electrons. The molecule has 3 heteroatoms. The Labute approximate surface area is 152 Å². The highest BCUT2D eigenvalue weighted by atomic mass is 16.1. The van der Waals surface area contributed by atoms with Gasteiger partial charge in [-0.1, -0.05) is 72.3 Å². The zero-order valence-electron chi connectivity index (χ0n) is 14.7. The zero-order valence-corrected chi connectivity index (χ0v) is 14.7. The molecule has 0 atom stereocenters. The van der Waals surface area contributed by atoms with Crippen molar-refractivity contribution < 1.29 is 0 Å². The summed E-state index contributed by atoms with van der Waals surface area (Å²) in [5.41, 5.74) is 4.23. The van der Waals surface area contributed by atoms with Crippen LogP contribution in [-0.4, -0.2) is 9.55 Å². The van der Waals surface area contributed by atoms with Crippen molar-refractivity contribution >= 4 is 10.9 Å². The van der Waals surface area contributed by atoms with Gasteiger partial charge in [0, 0.05) is 6.42 Å². The van der Waals surface area contributed by atoms with Gasteiger partial charge in [0.05, 0.1) is 17.4 Å². The largest absolute Gasteiger partial charge is 0.291 e. The Morgan fingerprint density at radius 3 is 2.27 bits per heavy atom. The standard InChI is InChI=1S/C23H20N2O/c1-17-11-13-19(14-12-17)16-25-22(15-18-7-3-2-4-8-18)24-21-10-6-5-9-20(21)23(25)26/h2-14H,15-16H2,1H3. The molecule has 0 saturated heterocycles. The van der Waals surface area contributed by atoms with Crippen LogP contribution in [-0.2, 0) is 13.0 Å². The van der Waals surface area contributed by atoms with Crippen molar-refractivity contribution in [3.63, 3.8) is 0 Å². The lowest BCUT2D eigenvalue weighted by atomic mass is 10.1. The van der Waals surface area contributed by atoms with Gasteiger partial charge >= 0.3 is 0 Å². The third-order valence-corrected chi connectivity index (χ3v) is 4.61. The fraction of sp³-hybridized carbons (Fsp3) is 0.130. The number of nitrogens with zero attached hydrogens (tertiary/aromatic N) is 2. The minimum absolute atomic E-state index is 0.0158. The van der Waals surface area contributed by atoms with Crippen LogP contribution in [0.25, 0.3) is 10.9 Å². The van der Waals surface area contributed by atoms with Crippen molar-refractivity contribution in [2.45, 2.75) is 19.9 Å². The second kappa shape index (κ2) is 6.96. The predicted octanol–water partition coefficient (Wildman–Crippen LogP) is 4.34. The smallest absolute Gasteiger partial charge is 0.261 e. The molecule has 0 aliphatic carbocycles. The third kappa shape index (κ3) is 3.29. The summed E-state index contributed by atoms with van der Waals surface area (Å²) in [5, 5.41) is 0.663. The molecule has 0 saturated carbocycles. The molecule has 4 rings (SSSR count). The molecule has 0 amide bonds. The summed E-state index contributed by atoms with van der Waals surface area (Å²) in [6, 6.07) is 26.0. The van der Waals surface area contributed by atoms with Crippen molar-refractivity contribution in [3.05, 3.63) is 112 Å². The average Bonchev–Trinajstić information content (AvgIpc) is 2.67. The maximum atomic E-state index is 13.1. The van der Waals surface area contributed by atoms with E-state index in [1.54, 1.807) is 4.57 Å². The van der Waals surface area contributed by atoms with Crippen molar-refractivity contribution in [1.82, 2.24) is 9.55 Å². The van der Waals surface area contributed by atoms with Crippen molar-refractivity contribution in [1.29, 1.82) is 0 Å². The molecule has 1 aromatic heterocycles. The number of hydrogen-bond acceptors (Lipinski definition) is 2. The summed E-state index contributed by atoms with van der Waals surface area (Å²) >= 11 is 0. The highest BCUT2D eigenvalue weighted by molar-refractivity contribution is 5.77. The van der Waals surface area contributed by atoms with E-state index in [1.807, 2.05) is 42.5 Å². The second-order valence-electron chi connectivity index (χ2n) is 6.58. The topological polar surface area (TPSA) is 34.9 Å². The number of rotatable bonds is 4. The number of aryl methyl sites for hydroxylation is 1. The van der Waals surface area contributed by atoms with E-state index in [0.717, 1.165) is 22.5 Å². The minimum atomic E-state index is 0.0158. The van der Waals surface area contributed by atoms with Gasteiger partial charge in [0.15, 0.2) is 0 Å². The van der Waals surface area contributed by atoms with Gasteiger partial charge in [-0.3, -0.25) is 9.36 Å². The molecular weight excluding hydrogens is 320 g/mol. The molecule has 4 aromatic rings. The molecule has 3 nitrogen and oxygen atoms in total. The van der Waals surface area contributed by atoms with Crippen LogP contribution in [0.1, 0.15) is 22.5 Å². The third-order valence-electron chi connectivity index (χ3n) is 4.61. The summed E-state index contributed by atoms with van der Waals surface area (Å²) in [6.07, 6.45) is 0.632. The number of aromatic nitrogens is 2. The van der Waals surface area contributed by atoms with E-state index in [-0.39, 0.29) is 5.56 Å². The molecule has 0 spiro atoms. The Hall–Kier alpha value is -3.20. The fourth-order valence-corrected chi connectivity index (χ4v) is 3.17. The second-order valence-corrected chi connectivity index (χ2v) is 6.58. The van der Waals surface area contributed by atoms with Gasteiger partial charge < -0.3 is 0 Å². The van der Waals surface area contributed by atoms with Gasteiger partial charge in [-0.25, -0.2) is 4.98 Å². The quantitative estimate of drug-likeness (QED) is 0.554. The number of benzene rings is 3. The summed E-state index contributed by atoms with van der Waals surface area (Å²) in [6.45, 7) is 2.59. The Balaban J connectivity index is 1.84. The maximum absolute atomic E-state index is 13.1. The number of fused-ring (bicyclic) bond motifs is 1. The highest BCUT2D eigenvalue weighted by Crippen LogP contribution is 2.14. The molecule has 128 valence electrons. The van der Waals surface area contributed by atoms with Crippen LogP contribution < -0.4 is 5.56 Å². The Bertz CT molecular complexity index is 1100. The summed E-state index contributed by atoms with van der Waals surface area (Å²) in [7, 11) is 0. The van der Waals surface area contributed by atoms with Crippen LogP contribution >= 0.6 is 0 Å². The van der Waals surface area contributed by atoms with Crippen LogP contribution in [0.5, 0.6) is 0 Å². The lowest BCUT2D eigenvalue weighted by molar-refractivity contribution is 0.693. The summed E-state index contributed by atoms with van der Waals surface area (Å²) < 4.78 is 1.81. The molecule has 26 heavy (non-hydrogen) atoms.